The average molecular weight is 434 g/mol. The van der Waals surface area contributed by atoms with Crippen LogP contribution in [-0.2, 0) is 4.79 Å². The minimum atomic E-state index is -0.448. The molecule has 26 heavy (non-hydrogen) atoms. The van der Waals surface area contributed by atoms with Crippen LogP contribution in [0.2, 0.25) is 0 Å². The number of hydrogen-bond acceptors (Lipinski definition) is 5. The van der Waals surface area contributed by atoms with Crippen LogP contribution in [0.15, 0.2) is 44.6 Å². The topological polar surface area (TPSA) is 84.2 Å². The molecule has 0 fully saturated rings. The van der Waals surface area contributed by atoms with Crippen molar-refractivity contribution in [1.29, 1.82) is 0 Å². The lowest BCUT2D eigenvalue weighted by atomic mass is 10.2. The first-order valence-corrected chi connectivity index (χ1v) is 9.47. The molecular weight excluding hydrogens is 418 g/mol. The third kappa shape index (κ3) is 4.20. The van der Waals surface area contributed by atoms with Crippen LogP contribution in [0.1, 0.15) is 21.8 Å². The Kier molecular flexibility index (Phi) is 5.53. The number of halogens is 1. The molecule has 0 unspecified atom stereocenters. The van der Waals surface area contributed by atoms with Crippen LogP contribution < -0.4 is 10.6 Å². The molecule has 2 heterocycles. The third-order valence-corrected chi connectivity index (χ3v) is 5.34. The average Bonchev–Trinajstić information content (AvgIpc) is 3.25. The number of carbonyl (C=O) groups is 2. The van der Waals surface area contributed by atoms with Gasteiger partial charge in [0.05, 0.1) is 11.4 Å². The molecule has 6 nitrogen and oxygen atoms in total. The SMILES string of the molecule is Cc1cc(NC(=O)CNC(=O)c2nc(-c3cccs3)oc2C)ccc1Br. The van der Waals surface area contributed by atoms with Gasteiger partial charge in [0.1, 0.15) is 5.76 Å². The molecule has 2 N–H and O–H groups in total. The zero-order valence-electron chi connectivity index (χ0n) is 14.1. The van der Waals surface area contributed by atoms with Gasteiger partial charge in [0.15, 0.2) is 5.69 Å². The summed E-state index contributed by atoms with van der Waals surface area (Å²) in [7, 11) is 0. The molecule has 8 heteroatoms. The number of aryl methyl sites for hydroxylation is 2. The van der Waals surface area contributed by atoms with Crippen LogP contribution in [0, 0.1) is 13.8 Å². The zero-order valence-corrected chi connectivity index (χ0v) is 16.5. The Morgan fingerprint density at radius 2 is 2.08 bits per heavy atom. The fraction of sp³-hybridized carbons (Fsp3) is 0.167. The molecule has 3 aromatic rings. The number of oxazole rings is 1. The quantitative estimate of drug-likeness (QED) is 0.632. The summed E-state index contributed by atoms with van der Waals surface area (Å²) in [5.74, 6) is 0.0446. The van der Waals surface area contributed by atoms with Crippen LogP contribution in [0.4, 0.5) is 5.69 Å². The highest BCUT2D eigenvalue weighted by molar-refractivity contribution is 9.10. The molecule has 0 bridgehead atoms. The minimum Gasteiger partial charge on any atom is -0.440 e. The molecule has 2 amide bonds. The number of anilines is 1. The van der Waals surface area contributed by atoms with Crippen molar-refractivity contribution < 1.29 is 14.0 Å². The fourth-order valence-electron chi connectivity index (χ4n) is 2.28. The maximum atomic E-state index is 12.3. The first-order valence-electron chi connectivity index (χ1n) is 7.79. The number of aromatic nitrogens is 1. The Hall–Kier alpha value is -2.45. The normalized spacial score (nSPS) is 10.6. The second kappa shape index (κ2) is 7.84. The first-order chi connectivity index (χ1) is 12.4. The van der Waals surface area contributed by atoms with Gasteiger partial charge in [-0.05, 0) is 49.1 Å². The maximum absolute atomic E-state index is 12.3. The van der Waals surface area contributed by atoms with Crippen molar-refractivity contribution in [2.75, 3.05) is 11.9 Å². The van der Waals surface area contributed by atoms with Gasteiger partial charge < -0.3 is 15.1 Å². The lowest BCUT2D eigenvalue weighted by Crippen LogP contribution is -2.33. The van der Waals surface area contributed by atoms with E-state index >= 15 is 0 Å². The molecule has 1 aromatic carbocycles. The predicted octanol–water partition coefficient (Wildman–Crippen LogP) is 4.15. The Morgan fingerprint density at radius 3 is 2.77 bits per heavy atom. The molecule has 0 radical (unpaired) electrons. The number of nitrogens with one attached hydrogen (secondary N) is 2. The summed E-state index contributed by atoms with van der Waals surface area (Å²) in [4.78, 5) is 29.4. The van der Waals surface area contributed by atoms with Gasteiger partial charge in [0.25, 0.3) is 5.91 Å². The fourth-order valence-corrected chi connectivity index (χ4v) is 3.18. The number of thiophene rings is 1. The summed E-state index contributed by atoms with van der Waals surface area (Å²) in [5.41, 5.74) is 1.86. The van der Waals surface area contributed by atoms with Gasteiger partial charge in [-0.15, -0.1) is 11.3 Å². The van der Waals surface area contributed by atoms with E-state index < -0.39 is 5.91 Å². The second-order valence-corrected chi connectivity index (χ2v) is 7.40. The Labute approximate surface area is 162 Å². The standard InChI is InChI=1S/C18H16BrN3O3S/c1-10-8-12(5-6-13(10)19)21-15(23)9-20-17(24)16-11(2)25-18(22-16)14-4-3-7-26-14/h3-8H,9H2,1-2H3,(H,20,24)(H,21,23). The molecular formula is C18H16BrN3O3S. The van der Waals surface area contributed by atoms with E-state index in [1.807, 2.05) is 36.6 Å². The molecule has 0 aliphatic carbocycles. The van der Waals surface area contributed by atoms with Crippen molar-refractivity contribution in [3.63, 3.8) is 0 Å². The van der Waals surface area contributed by atoms with Crippen LogP contribution in [0.25, 0.3) is 10.8 Å². The van der Waals surface area contributed by atoms with Crippen LogP contribution in [-0.4, -0.2) is 23.3 Å². The molecule has 0 aliphatic rings. The van der Waals surface area contributed by atoms with Gasteiger partial charge in [-0.2, -0.15) is 0 Å². The van der Waals surface area contributed by atoms with Crippen LogP contribution >= 0.6 is 27.3 Å². The molecule has 0 saturated heterocycles. The van der Waals surface area contributed by atoms with E-state index in [4.69, 9.17) is 4.42 Å². The first kappa shape index (κ1) is 18.3. The number of amides is 2. The lowest BCUT2D eigenvalue weighted by Gasteiger charge is -2.07. The maximum Gasteiger partial charge on any atom is 0.273 e. The van der Waals surface area contributed by atoms with E-state index in [2.05, 4.69) is 31.5 Å². The van der Waals surface area contributed by atoms with Crippen molar-refractivity contribution in [3.05, 3.63) is 57.2 Å². The van der Waals surface area contributed by atoms with Crippen molar-refractivity contribution in [2.45, 2.75) is 13.8 Å². The summed E-state index contributed by atoms with van der Waals surface area (Å²) in [5, 5.41) is 7.21. The van der Waals surface area contributed by atoms with Gasteiger partial charge in [0, 0.05) is 10.2 Å². The van der Waals surface area contributed by atoms with E-state index in [-0.39, 0.29) is 18.1 Å². The smallest absolute Gasteiger partial charge is 0.273 e. The summed E-state index contributed by atoms with van der Waals surface area (Å²) < 4.78 is 6.51. The summed E-state index contributed by atoms with van der Waals surface area (Å²) in [6.07, 6.45) is 0. The summed E-state index contributed by atoms with van der Waals surface area (Å²) in [6, 6.07) is 9.23. The minimum absolute atomic E-state index is 0.158. The van der Waals surface area contributed by atoms with Gasteiger partial charge in [0.2, 0.25) is 11.8 Å². The van der Waals surface area contributed by atoms with E-state index in [1.54, 1.807) is 13.0 Å². The van der Waals surface area contributed by atoms with Crippen LogP contribution in [0.5, 0.6) is 0 Å². The van der Waals surface area contributed by atoms with E-state index in [1.165, 1.54) is 11.3 Å². The van der Waals surface area contributed by atoms with Crippen LogP contribution in [0.3, 0.4) is 0 Å². The van der Waals surface area contributed by atoms with Crippen molar-refractivity contribution in [1.82, 2.24) is 10.3 Å². The highest BCUT2D eigenvalue weighted by Crippen LogP contribution is 2.25. The highest BCUT2D eigenvalue weighted by atomic mass is 79.9. The number of nitrogens with zero attached hydrogens (tertiary/aromatic N) is 1. The summed E-state index contributed by atoms with van der Waals surface area (Å²) >= 11 is 4.89. The Morgan fingerprint density at radius 1 is 1.27 bits per heavy atom. The molecule has 0 atom stereocenters. The summed E-state index contributed by atoms with van der Waals surface area (Å²) in [6.45, 7) is 3.44. The van der Waals surface area contributed by atoms with Gasteiger partial charge >= 0.3 is 0 Å². The largest absolute Gasteiger partial charge is 0.440 e. The molecule has 0 aliphatic heterocycles. The number of carbonyl (C=O) groups excluding carboxylic acids is 2. The number of hydrogen-bond donors (Lipinski definition) is 2. The van der Waals surface area contributed by atoms with Gasteiger partial charge in [-0.3, -0.25) is 9.59 Å². The molecule has 3 rings (SSSR count). The second-order valence-electron chi connectivity index (χ2n) is 5.60. The number of benzene rings is 1. The Bertz CT molecular complexity index is 951. The molecule has 0 saturated carbocycles. The number of rotatable bonds is 5. The van der Waals surface area contributed by atoms with Crippen molar-refractivity contribution in [2.24, 2.45) is 0 Å². The van der Waals surface area contributed by atoms with E-state index in [9.17, 15) is 9.59 Å². The molecule has 2 aromatic heterocycles. The third-order valence-electron chi connectivity index (χ3n) is 3.59. The van der Waals surface area contributed by atoms with Crippen molar-refractivity contribution >= 4 is 44.8 Å². The van der Waals surface area contributed by atoms with Crippen molar-refractivity contribution in [3.8, 4) is 10.8 Å². The zero-order chi connectivity index (χ0) is 18.7. The molecule has 134 valence electrons. The van der Waals surface area contributed by atoms with Gasteiger partial charge in [-0.25, -0.2) is 4.98 Å². The van der Waals surface area contributed by atoms with E-state index in [0.29, 0.717) is 17.3 Å². The van der Waals surface area contributed by atoms with E-state index in [0.717, 1.165) is 14.9 Å². The molecule has 0 spiro atoms. The highest BCUT2D eigenvalue weighted by Gasteiger charge is 2.19. The predicted molar refractivity (Wildman–Crippen MR) is 104 cm³/mol. The van der Waals surface area contributed by atoms with Gasteiger partial charge in [-0.1, -0.05) is 22.0 Å². The Balaban J connectivity index is 1.60. The lowest BCUT2D eigenvalue weighted by molar-refractivity contribution is -0.115. The monoisotopic (exact) mass is 433 g/mol.